The molecule has 1 aromatic carbocycles. The van der Waals surface area contributed by atoms with Crippen molar-refractivity contribution in [3.63, 3.8) is 0 Å². The summed E-state index contributed by atoms with van der Waals surface area (Å²) < 4.78 is 0. The smallest absolute Gasteiger partial charge is 0.140 e. The number of nitrogens with zero attached hydrogens (tertiary/aromatic N) is 1. The predicted molar refractivity (Wildman–Crippen MR) is 71.8 cm³/mol. The zero-order chi connectivity index (χ0) is 12.4. The average molecular weight is 255 g/mol. The number of phenols is 1. The van der Waals surface area contributed by atoms with E-state index in [-0.39, 0.29) is 5.75 Å². The Morgan fingerprint density at radius 2 is 2.24 bits per heavy atom. The van der Waals surface area contributed by atoms with E-state index in [0.717, 1.165) is 25.2 Å². The van der Waals surface area contributed by atoms with Crippen molar-refractivity contribution >= 4 is 17.3 Å². The van der Waals surface area contributed by atoms with Crippen molar-refractivity contribution in [1.82, 2.24) is 4.90 Å². The lowest BCUT2D eigenvalue weighted by atomic mass is 9.94. The summed E-state index contributed by atoms with van der Waals surface area (Å²) in [6, 6.07) is 5.62. The molecule has 1 saturated heterocycles. The first-order valence-electron chi connectivity index (χ1n) is 6.00. The van der Waals surface area contributed by atoms with Gasteiger partial charge in [-0.1, -0.05) is 18.5 Å². The van der Waals surface area contributed by atoms with Gasteiger partial charge in [0.1, 0.15) is 5.75 Å². The van der Waals surface area contributed by atoms with Gasteiger partial charge in [0.2, 0.25) is 0 Å². The first-order valence-corrected chi connectivity index (χ1v) is 6.37. The molecule has 0 unspecified atom stereocenters. The molecular formula is C13H19ClN2O. The second-order valence-corrected chi connectivity index (χ2v) is 5.38. The fraction of sp³-hybridized carbons (Fsp3) is 0.538. The first kappa shape index (κ1) is 12.5. The van der Waals surface area contributed by atoms with E-state index < -0.39 is 0 Å². The summed E-state index contributed by atoms with van der Waals surface area (Å²) in [5.41, 5.74) is 0.774. The molecule has 1 aromatic rings. The third-order valence-electron chi connectivity index (χ3n) is 3.41. The molecule has 3 nitrogen and oxygen atoms in total. The highest BCUT2D eigenvalue weighted by Crippen LogP contribution is 2.29. The van der Waals surface area contributed by atoms with Crippen LogP contribution in [0.2, 0.25) is 5.02 Å². The Balaban J connectivity index is 2.05. The van der Waals surface area contributed by atoms with Crippen LogP contribution in [0.4, 0.5) is 5.69 Å². The number of anilines is 1. The topological polar surface area (TPSA) is 35.5 Å². The molecule has 2 N–H and O–H groups in total. The summed E-state index contributed by atoms with van der Waals surface area (Å²) >= 11 is 5.81. The zero-order valence-corrected chi connectivity index (χ0v) is 11.0. The van der Waals surface area contributed by atoms with Gasteiger partial charge >= 0.3 is 0 Å². The molecule has 1 fully saturated rings. The van der Waals surface area contributed by atoms with Crippen molar-refractivity contribution < 1.29 is 5.11 Å². The molecule has 94 valence electrons. The quantitative estimate of drug-likeness (QED) is 0.797. The maximum atomic E-state index is 9.80. The molecule has 17 heavy (non-hydrogen) atoms. The Hall–Kier alpha value is -0.930. The molecule has 0 aliphatic carbocycles. The third-order valence-corrected chi connectivity index (χ3v) is 3.64. The van der Waals surface area contributed by atoms with E-state index in [1.54, 1.807) is 12.1 Å². The van der Waals surface area contributed by atoms with Crippen molar-refractivity contribution in [3.05, 3.63) is 23.2 Å². The normalized spacial score (nSPS) is 25.8. The van der Waals surface area contributed by atoms with Crippen LogP contribution in [0.3, 0.4) is 0 Å². The number of aromatic hydroxyl groups is 1. The van der Waals surface area contributed by atoms with Gasteiger partial charge in [0.25, 0.3) is 0 Å². The van der Waals surface area contributed by atoms with Crippen LogP contribution < -0.4 is 5.32 Å². The van der Waals surface area contributed by atoms with Gasteiger partial charge < -0.3 is 15.3 Å². The number of piperidine rings is 1. The molecule has 2 rings (SSSR count). The minimum atomic E-state index is 0.226. The highest BCUT2D eigenvalue weighted by atomic mass is 35.5. The molecule has 0 bridgehead atoms. The van der Waals surface area contributed by atoms with Crippen LogP contribution in [0.15, 0.2) is 18.2 Å². The van der Waals surface area contributed by atoms with Crippen LogP contribution in [0.1, 0.15) is 13.3 Å². The summed E-state index contributed by atoms with van der Waals surface area (Å²) in [6.07, 6.45) is 1.10. The summed E-state index contributed by atoms with van der Waals surface area (Å²) in [5.74, 6) is 0.799. The van der Waals surface area contributed by atoms with E-state index in [1.165, 1.54) is 0 Å². The standard InChI is InChI=1S/C13H19ClN2O/c1-9-8-16(2)6-5-11(9)15-12-4-3-10(14)7-13(12)17/h3-4,7,9,11,15,17H,5-6,8H2,1-2H3/t9-,11+/m0/s1. The van der Waals surface area contributed by atoms with Crippen LogP contribution in [0.5, 0.6) is 5.75 Å². The largest absolute Gasteiger partial charge is 0.506 e. The minimum Gasteiger partial charge on any atom is -0.506 e. The molecule has 0 radical (unpaired) electrons. The van der Waals surface area contributed by atoms with Crippen molar-refractivity contribution in [2.24, 2.45) is 5.92 Å². The Morgan fingerprint density at radius 1 is 1.47 bits per heavy atom. The molecule has 2 atom stereocenters. The Kier molecular flexibility index (Phi) is 3.79. The average Bonchev–Trinajstić information content (AvgIpc) is 2.25. The SMILES string of the molecule is C[C@H]1CN(C)CC[C@H]1Nc1ccc(Cl)cc1O. The number of phenolic OH excluding ortho intramolecular Hbond substituents is 1. The maximum Gasteiger partial charge on any atom is 0.140 e. The van der Waals surface area contributed by atoms with Gasteiger partial charge in [0, 0.05) is 23.7 Å². The fourth-order valence-electron chi connectivity index (χ4n) is 2.40. The van der Waals surface area contributed by atoms with Gasteiger partial charge in [-0.05, 0) is 38.1 Å². The number of halogens is 1. The van der Waals surface area contributed by atoms with Crippen LogP contribution in [-0.2, 0) is 0 Å². The van der Waals surface area contributed by atoms with Crippen LogP contribution in [0.25, 0.3) is 0 Å². The number of hydrogen-bond donors (Lipinski definition) is 2. The van der Waals surface area contributed by atoms with Crippen molar-refractivity contribution in [2.75, 3.05) is 25.5 Å². The van der Waals surface area contributed by atoms with Crippen molar-refractivity contribution in [1.29, 1.82) is 0 Å². The molecular weight excluding hydrogens is 236 g/mol. The lowest BCUT2D eigenvalue weighted by Crippen LogP contribution is -2.43. The molecule has 1 aliphatic rings. The van der Waals surface area contributed by atoms with Crippen molar-refractivity contribution in [2.45, 2.75) is 19.4 Å². The van der Waals surface area contributed by atoms with Gasteiger partial charge in [0.15, 0.2) is 0 Å². The van der Waals surface area contributed by atoms with E-state index in [9.17, 15) is 5.11 Å². The van der Waals surface area contributed by atoms with E-state index in [4.69, 9.17) is 11.6 Å². The number of benzene rings is 1. The molecule has 4 heteroatoms. The Labute approximate surface area is 107 Å². The lowest BCUT2D eigenvalue weighted by molar-refractivity contribution is 0.206. The highest BCUT2D eigenvalue weighted by Gasteiger charge is 2.24. The molecule has 0 amide bonds. The van der Waals surface area contributed by atoms with Crippen LogP contribution in [-0.4, -0.2) is 36.2 Å². The molecule has 1 heterocycles. The van der Waals surface area contributed by atoms with E-state index in [2.05, 4.69) is 24.2 Å². The summed E-state index contributed by atoms with van der Waals surface area (Å²) in [4.78, 5) is 2.34. The number of likely N-dealkylation sites (tertiary alicyclic amines) is 1. The number of nitrogens with one attached hydrogen (secondary N) is 1. The Bertz CT molecular complexity index is 397. The summed E-state index contributed by atoms with van der Waals surface area (Å²) in [5, 5.41) is 13.8. The minimum absolute atomic E-state index is 0.226. The van der Waals surface area contributed by atoms with Crippen molar-refractivity contribution in [3.8, 4) is 5.75 Å². The van der Waals surface area contributed by atoms with Gasteiger partial charge in [-0.15, -0.1) is 0 Å². The predicted octanol–water partition coefficient (Wildman–Crippen LogP) is 2.80. The lowest BCUT2D eigenvalue weighted by Gasteiger charge is -2.35. The third kappa shape index (κ3) is 3.05. The highest BCUT2D eigenvalue weighted by molar-refractivity contribution is 6.30. The van der Waals surface area contributed by atoms with Gasteiger partial charge in [0.05, 0.1) is 5.69 Å². The number of hydrogen-bond acceptors (Lipinski definition) is 3. The zero-order valence-electron chi connectivity index (χ0n) is 10.3. The molecule has 0 saturated carbocycles. The summed E-state index contributed by atoms with van der Waals surface area (Å²) in [7, 11) is 2.15. The Morgan fingerprint density at radius 3 is 2.88 bits per heavy atom. The summed E-state index contributed by atoms with van der Waals surface area (Å²) in [6.45, 7) is 4.42. The van der Waals surface area contributed by atoms with Gasteiger partial charge in [-0.25, -0.2) is 0 Å². The van der Waals surface area contributed by atoms with Gasteiger partial charge in [-0.2, -0.15) is 0 Å². The van der Waals surface area contributed by atoms with E-state index in [0.29, 0.717) is 17.0 Å². The monoisotopic (exact) mass is 254 g/mol. The van der Waals surface area contributed by atoms with Crippen LogP contribution >= 0.6 is 11.6 Å². The van der Waals surface area contributed by atoms with E-state index >= 15 is 0 Å². The first-order chi connectivity index (χ1) is 8.06. The second-order valence-electron chi connectivity index (χ2n) is 4.94. The van der Waals surface area contributed by atoms with Gasteiger partial charge in [-0.3, -0.25) is 0 Å². The fourth-order valence-corrected chi connectivity index (χ4v) is 2.56. The molecule has 1 aliphatic heterocycles. The number of rotatable bonds is 2. The molecule has 0 aromatic heterocycles. The maximum absolute atomic E-state index is 9.80. The molecule has 0 spiro atoms. The van der Waals surface area contributed by atoms with E-state index in [1.807, 2.05) is 6.07 Å². The van der Waals surface area contributed by atoms with Crippen LogP contribution in [0, 0.1) is 5.92 Å². The second kappa shape index (κ2) is 5.15.